The van der Waals surface area contributed by atoms with Crippen LogP contribution in [0.25, 0.3) is 10.8 Å². The first kappa shape index (κ1) is 21.0. The van der Waals surface area contributed by atoms with Gasteiger partial charge in [-0.1, -0.05) is 42.5 Å². The highest BCUT2D eigenvalue weighted by Crippen LogP contribution is 2.26. The van der Waals surface area contributed by atoms with Crippen LogP contribution in [-0.2, 0) is 4.57 Å². The first-order valence-corrected chi connectivity index (χ1v) is 9.90. The second-order valence-electron chi connectivity index (χ2n) is 5.79. The van der Waals surface area contributed by atoms with Crippen LogP contribution in [0.4, 0.5) is 5.69 Å². The summed E-state index contributed by atoms with van der Waals surface area (Å²) in [6, 6.07) is 22.3. The van der Waals surface area contributed by atoms with Crippen molar-refractivity contribution in [2.75, 3.05) is 11.9 Å². The number of aryl methyl sites for hydroxylation is 1. The molecule has 3 aromatic rings. The molecule has 142 valence electrons. The van der Waals surface area contributed by atoms with Crippen LogP contribution in [0.5, 0.6) is 5.75 Å². The summed E-state index contributed by atoms with van der Waals surface area (Å²) in [5, 5.41) is 2.76. The summed E-state index contributed by atoms with van der Waals surface area (Å²) in [7, 11) is -2.72. The molecule has 3 rings (SSSR count). The molecule has 27 heavy (non-hydrogen) atoms. The van der Waals surface area contributed by atoms with E-state index < -0.39 is 7.82 Å². The average molecular weight is 405 g/mol. The number of benzene rings is 3. The van der Waals surface area contributed by atoms with Crippen LogP contribution in [0, 0.1) is 6.92 Å². The number of hydrogen-bond acceptors (Lipinski definition) is 3. The summed E-state index contributed by atoms with van der Waals surface area (Å²) >= 11 is 5.41. The molecule has 0 amide bonds. The molecule has 0 spiro atoms. The Bertz CT molecular complexity index is 980. The topological polar surface area (TPSA) is 90.2 Å². The van der Waals surface area contributed by atoms with Crippen LogP contribution in [0.15, 0.2) is 66.7 Å². The van der Waals surface area contributed by atoms with Gasteiger partial charge in [-0.05, 0) is 59.7 Å². The Morgan fingerprint density at radius 1 is 0.963 bits per heavy atom. The van der Waals surface area contributed by atoms with Gasteiger partial charge in [-0.25, -0.2) is 4.57 Å². The molecular formula is C19H20NO5PS. The molecule has 0 bridgehead atoms. The normalized spacial score (nSPS) is 10.7. The Morgan fingerprint density at radius 3 is 2.22 bits per heavy atom. The summed E-state index contributed by atoms with van der Waals surface area (Å²) in [4.78, 5) is 23.4. The standard InChI is InChI=1S/C19H17NOS.H3O4P/c1-14-6-5-9-17(12-14)20(2)19(22)21-18-11-10-15-7-3-4-8-16(15)13-18;1-5(2,3)4/h3-13H,1-2H3;(H3,1,2,3,4). The van der Waals surface area contributed by atoms with E-state index in [0.717, 1.165) is 16.8 Å². The van der Waals surface area contributed by atoms with Gasteiger partial charge in [-0.3, -0.25) is 0 Å². The molecule has 0 aliphatic rings. The number of hydrogen-bond donors (Lipinski definition) is 3. The van der Waals surface area contributed by atoms with Crippen molar-refractivity contribution in [1.29, 1.82) is 0 Å². The molecule has 0 radical (unpaired) electrons. The van der Waals surface area contributed by atoms with E-state index in [1.165, 1.54) is 10.9 Å². The maximum Gasteiger partial charge on any atom is 0.466 e. The number of nitrogens with zero attached hydrogens (tertiary/aromatic N) is 1. The van der Waals surface area contributed by atoms with Crippen LogP contribution in [0.1, 0.15) is 5.56 Å². The lowest BCUT2D eigenvalue weighted by molar-refractivity contribution is 0.275. The van der Waals surface area contributed by atoms with E-state index in [9.17, 15) is 0 Å². The zero-order chi connectivity index (χ0) is 20.0. The van der Waals surface area contributed by atoms with E-state index in [-0.39, 0.29) is 0 Å². The minimum Gasteiger partial charge on any atom is -0.432 e. The molecule has 0 atom stereocenters. The third kappa shape index (κ3) is 7.09. The predicted octanol–water partition coefficient (Wildman–Crippen LogP) is 4.02. The Labute approximate surface area is 162 Å². The molecule has 0 fully saturated rings. The predicted molar refractivity (Wildman–Crippen MR) is 111 cm³/mol. The summed E-state index contributed by atoms with van der Waals surface area (Å²) in [6.07, 6.45) is 0. The van der Waals surface area contributed by atoms with Crippen molar-refractivity contribution in [2.45, 2.75) is 6.92 Å². The molecule has 0 unspecified atom stereocenters. The Kier molecular flexibility index (Phi) is 7.07. The fourth-order valence-electron chi connectivity index (χ4n) is 2.34. The summed E-state index contributed by atoms with van der Waals surface area (Å²) in [6.45, 7) is 2.06. The molecule has 6 nitrogen and oxygen atoms in total. The van der Waals surface area contributed by atoms with Gasteiger partial charge in [-0.15, -0.1) is 0 Å². The first-order chi connectivity index (χ1) is 12.6. The monoisotopic (exact) mass is 405 g/mol. The molecular weight excluding hydrogens is 385 g/mol. The Hall–Kier alpha value is -2.28. The highest BCUT2D eigenvalue weighted by atomic mass is 32.1. The molecule has 0 aliphatic heterocycles. The molecule has 0 saturated carbocycles. The number of rotatable bonds is 2. The third-order valence-electron chi connectivity index (χ3n) is 3.59. The molecule has 8 heteroatoms. The van der Waals surface area contributed by atoms with E-state index in [1.807, 2.05) is 54.4 Å². The number of fused-ring (bicyclic) bond motifs is 1. The van der Waals surface area contributed by atoms with Crippen LogP contribution in [0.2, 0.25) is 0 Å². The van der Waals surface area contributed by atoms with E-state index >= 15 is 0 Å². The molecule has 0 heterocycles. The molecule has 3 N–H and O–H groups in total. The van der Waals surface area contributed by atoms with Gasteiger partial charge in [0, 0.05) is 12.7 Å². The lowest BCUT2D eigenvalue weighted by Gasteiger charge is -2.20. The van der Waals surface area contributed by atoms with Crippen LogP contribution in [-0.4, -0.2) is 26.9 Å². The largest absolute Gasteiger partial charge is 0.466 e. The summed E-state index contributed by atoms with van der Waals surface area (Å²) < 4.78 is 14.7. The van der Waals surface area contributed by atoms with Crippen LogP contribution >= 0.6 is 20.0 Å². The van der Waals surface area contributed by atoms with E-state index in [4.69, 9.17) is 36.2 Å². The molecule has 0 aromatic heterocycles. The fourth-order valence-corrected chi connectivity index (χ4v) is 2.54. The van der Waals surface area contributed by atoms with Gasteiger partial charge >= 0.3 is 7.82 Å². The maximum absolute atomic E-state index is 8.88. The molecule has 3 aromatic carbocycles. The van der Waals surface area contributed by atoms with Crippen LogP contribution in [0.3, 0.4) is 0 Å². The van der Waals surface area contributed by atoms with E-state index in [1.54, 1.807) is 0 Å². The Balaban J connectivity index is 0.000000465. The van der Waals surface area contributed by atoms with Crippen molar-refractivity contribution in [3.63, 3.8) is 0 Å². The van der Waals surface area contributed by atoms with Crippen molar-refractivity contribution >= 4 is 41.7 Å². The van der Waals surface area contributed by atoms with Gasteiger partial charge in [0.1, 0.15) is 5.75 Å². The van der Waals surface area contributed by atoms with Crippen molar-refractivity contribution in [3.05, 3.63) is 72.3 Å². The zero-order valence-corrected chi connectivity index (χ0v) is 16.5. The van der Waals surface area contributed by atoms with E-state index in [2.05, 4.69) is 31.2 Å². The highest BCUT2D eigenvalue weighted by molar-refractivity contribution is 7.80. The van der Waals surface area contributed by atoms with E-state index in [0.29, 0.717) is 5.17 Å². The number of anilines is 1. The van der Waals surface area contributed by atoms with Crippen molar-refractivity contribution < 1.29 is 24.0 Å². The van der Waals surface area contributed by atoms with Gasteiger partial charge in [-0.2, -0.15) is 0 Å². The van der Waals surface area contributed by atoms with Gasteiger partial charge in [0.25, 0.3) is 5.17 Å². The van der Waals surface area contributed by atoms with Crippen molar-refractivity contribution in [3.8, 4) is 5.75 Å². The molecule has 0 saturated heterocycles. The SMILES string of the molecule is Cc1cccc(N(C)C(=S)Oc2ccc3ccccc3c2)c1.O=P(O)(O)O. The Morgan fingerprint density at radius 2 is 1.59 bits per heavy atom. The second-order valence-corrected chi connectivity index (χ2v) is 7.16. The quantitative estimate of drug-likeness (QED) is 0.438. The third-order valence-corrected chi connectivity index (χ3v) is 3.95. The lowest BCUT2D eigenvalue weighted by atomic mass is 10.1. The summed E-state index contributed by atoms with van der Waals surface area (Å²) in [5.41, 5.74) is 2.21. The highest BCUT2D eigenvalue weighted by Gasteiger charge is 2.09. The minimum atomic E-state index is -4.64. The number of thiocarbonyl (C=S) groups is 1. The lowest BCUT2D eigenvalue weighted by Crippen LogP contribution is -2.29. The second kappa shape index (κ2) is 9.08. The smallest absolute Gasteiger partial charge is 0.432 e. The number of ether oxygens (including phenoxy) is 1. The first-order valence-electron chi connectivity index (χ1n) is 7.93. The van der Waals surface area contributed by atoms with Gasteiger partial charge in [0.15, 0.2) is 0 Å². The van der Waals surface area contributed by atoms with Gasteiger partial charge in [0.2, 0.25) is 0 Å². The minimum absolute atomic E-state index is 0.431. The summed E-state index contributed by atoms with van der Waals surface area (Å²) in [5.74, 6) is 0.753. The molecule has 0 aliphatic carbocycles. The van der Waals surface area contributed by atoms with Gasteiger partial charge in [0.05, 0.1) is 0 Å². The van der Waals surface area contributed by atoms with Crippen molar-refractivity contribution in [2.24, 2.45) is 0 Å². The fraction of sp³-hybridized carbons (Fsp3) is 0.105. The number of phosphoric acid groups is 1. The van der Waals surface area contributed by atoms with Gasteiger partial charge < -0.3 is 24.3 Å². The maximum atomic E-state index is 8.88. The average Bonchev–Trinajstić information content (AvgIpc) is 2.59. The van der Waals surface area contributed by atoms with Crippen molar-refractivity contribution in [1.82, 2.24) is 0 Å². The zero-order valence-electron chi connectivity index (χ0n) is 14.8. The van der Waals surface area contributed by atoms with Crippen LogP contribution < -0.4 is 9.64 Å².